The average Bonchev–Trinajstić information content (AvgIpc) is 3.24. The molecule has 2 aliphatic rings. The molecule has 2 heterocycles. The summed E-state index contributed by atoms with van der Waals surface area (Å²) in [5.74, 6) is -0.360. The monoisotopic (exact) mass is 388 g/mol. The van der Waals surface area contributed by atoms with Gasteiger partial charge in [-0.25, -0.2) is 9.37 Å². The number of halogens is 2. The summed E-state index contributed by atoms with van der Waals surface area (Å²) in [6.45, 7) is 0.813. The van der Waals surface area contributed by atoms with Crippen LogP contribution in [0.5, 0.6) is 0 Å². The molecule has 2 aromatic rings. The van der Waals surface area contributed by atoms with Crippen molar-refractivity contribution in [1.82, 2.24) is 9.88 Å². The van der Waals surface area contributed by atoms with Gasteiger partial charge >= 0.3 is 0 Å². The minimum absolute atomic E-state index is 0.0258. The van der Waals surface area contributed by atoms with Crippen molar-refractivity contribution in [3.8, 4) is 11.1 Å². The number of nitrogen functional groups attached to an aromatic ring is 1. The van der Waals surface area contributed by atoms with Crippen LogP contribution in [0.25, 0.3) is 11.1 Å². The Morgan fingerprint density at radius 3 is 2.67 bits per heavy atom. The number of nitrogens with one attached hydrogen (secondary N) is 1. The van der Waals surface area contributed by atoms with Gasteiger partial charge in [-0.05, 0) is 25.0 Å². The fourth-order valence-electron chi connectivity index (χ4n) is 4.35. The third-order valence-electron chi connectivity index (χ3n) is 5.79. The van der Waals surface area contributed by atoms with Gasteiger partial charge in [-0.1, -0.05) is 24.4 Å². The van der Waals surface area contributed by atoms with E-state index in [1.165, 1.54) is 4.90 Å². The lowest BCUT2D eigenvalue weighted by Gasteiger charge is -2.24. The molecule has 0 bridgehead atoms. The maximum absolute atomic E-state index is 15.3. The number of carbonyl (C=O) groups excluding carboxylic acids is 1. The number of anilines is 2. The molecule has 1 amide bonds. The Morgan fingerprint density at radius 1 is 1.30 bits per heavy atom. The fourth-order valence-corrected chi connectivity index (χ4v) is 4.80. The predicted octanol–water partition coefficient (Wildman–Crippen LogP) is 4.06. The number of nitrogens with two attached hydrogens (primary N) is 1. The normalized spacial score (nSPS) is 17.0. The molecule has 7 heteroatoms. The van der Waals surface area contributed by atoms with E-state index in [-0.39, 0.29) is 22.2 Å². The van der Waals surface area contributed by atoms with E-state index < -0.39 is 11.7 Å². The SMILES string of the molecule is CN(C)C(=O)c1c(N)ccc(-c2cnc3c(c2Cl)C2(CCCC2)CN3)c1F. The molecule has 1 spiro atoms. The molecular formula is C20H22ClFN4O. The Kier molecular flexibility index (Phi) is 4.26. The van der Waals surface area contributed by atoms with E-state index in [0.29, 0.717) is 10.6 Å². The summed E-state index contributed by atoms with van der Waals surface area (Å²) in [5.41, 5.74) is 7.55. The van der Waals surface area contributed by atoms with E-state index in [0.717, 1.165) is 43.6 Å². The average molecular weight is 389 g/mol. The van der Waals surface area contributed by atoms with E-state index in [4.69, 9.17) is 17.3 Å². The van der Waals surface area contributed by atoms with Crippen molar-refractivity contribution in [2.45, 2.75) is 31.1 Å². The first-order valence-corrected chi connectivity index (χ1v) is 9.46. The second kappa shape index (κ2) is 6.37. The molecule has 5 nitrogen and oxygen atoms in total. The third-order valence-corrected chi connectivity index (χ3v) is 6.18. The minimum Gasteiger partial charge on any atom is -0.398 e. The van der Waals surface area contributed by atoms with Crippen LogP contribution in [0.2, 0.25) is 5.02 Å². The van der Waals surface area contributed by atoms with Crippen LogP contribution in [0.3, 0.4) is 0 Å². The van der Waals surface area contributed by atoms with Crippen molar-refractivity contribution in [2.75, 3.05) is 31.7 Å². The van der Waals surface area contributed by atoms with Crippen LogP contribution >= 0.6 is 11.6 Å². The van der Waals surface area contributed by atoms with E-state index in [2.05, 4.69) is 10.3 Å². The number of hydrogen-bond acceptors (Lipinski definition) is 4. The van der Waals surface area contributed by atoms with Crippen molar-refractivity contribution in [1.29, 1.82) is 0 Å². The molecule has 1 aliphatic heterocycles. The van der Waals surface area contributed by atoms with E-state index in [1.807, 2.05) is 0 Å². The van der Waals surface area contributed by atoms with Crippen molar-refractivity contribution in [3.05, 3.63) is 40.3 Å². The summed E-state index contributed by atoms with van der Waals surface area (Å²) < 4.78 is 15.3. The molecule has 0 radical (unpaired) electrons. The van der Waals surface area contributed by atoms with E-state index in [1.54, 1.807) is 32.4 Å². The van der Waals surface area contributed by atoms with Crippen LogP contribution in [-0.4, -0.2) is 36.4 Å². The highest BCUT2D eigenvalue weighted by Gasteiger charge is 2.44. The number of pyridine rings is 1. The number of carbonyl (C=O) groups is 1. The molecular weight excluding hydrogens is 367 g/mol. The topological polar surface area (TPSA) is 71.2 Å². The molecule has 3 N–H and O–H groups in total. The molecule has 4 rings (SSSR count). The van der Waals surface area contributed by atoms with Gasteiger partial charge in [-0.2, -0.15) is 0 Å². The first-order valence-electron chi connectivity index (χ1n) is 9.08. The van der Waals surface area contributed by atoms with Gasteiger partial charge in [0, 0.05) is 54.6 Å². The van der Waals surface area contributed by atoms with Crippen LogP contribution in [0, 0.1) is 5.82 Å². The maximum Gasteiger partial charge on any atom is 0.258 e. The Bertz CT molecular complexity index is 938. The quantitative estimate of drug-likeness (QED) is 0.761. The molecule has 1 aromatic heterocycles. The molecule has 1 fully saturated rings. The number of hydrogen-bond donors (Lipinski definition) is 2. The Labute approximate surface area is 162 Å². The van der Waals surface area contributed by atoms with Gasteiger partial charge in [0.2, 0.25) is 0 Å². The number of rotatable bonds is 2. The number of benzene rings is 1. The zero-order valence-corrected chi connectivity index (χ0v) is 16.2. The Morgan fingerprint density at radius 2 is 2.00 bits per heavy atom. The smallest absolute Gasteiger partial charge is 0.258 e. The van der Waals surface area contributed by atoms with Crippen LogP contribution in [0.4, 0.5) is 15.9 Å². The van der Waals surface area contributed by atoms with Crippen LogP contribution in [0.1, 0.15) is 41.6 Å². The van der Waals surface area contributed by atoms with E-state index >= 15 is 4.39 Å². The number of fused-ring (bicyclic) bond motifs is 2. The Hall–Kier alpha value is -2.34. The van der Waals surface area contributed by atoms with Crippen LogP contribution in [0.15, 0.2) is 18.3 Å². The molecule has 142 valence electrons. The van der Waals surface area contributed by atoms with Crippen molar-refractivity contribution in [3.63, 3.8) is 0 Å². The lowest BCUT2D eigenvalue weighted by molar-refractivity contribution is 0.0824. The third kappa shape index (κ3) is 2.65. The fraction of sp³-hybridized carbons (Fsp3) is 0.400. The molecule has 0 atom stereocenters. The van der Waals surface area contributed by atoms with Gasteiger partial charge < -0.3 is 16.0 Å². The summed E-state index contributed by atoms with van der Waals surface area (Å²) in [4.78, 5) is 18.2. The zero-order chi connectivity index (χ0) is 19.3. The van der Waals surface area contributed by atoms with E-state index in [9.17, 15) is 4.79 Å². The van der Waals surface area contributed by atoms with Gasteiger partial charge in [0.1, 0.15) is 11.6 Å². The predicted molar refractivity (Wildman–Crippen MR) is 106 cm³/mol. The summed E-state index contributed by atoms with van der Waals surface area (Å²) in [7, 11) is 3.13. The van der Waals surface area contributed by atoms with Gasteiger partial charge in [0.15, 0.2) is 0 Å². The lowest BCUT2D eigenvalue weighted by Crippen LogP contribution is -2.25. The van der Waals surface area contributed by atoms with Gasteiger partial charge in [0.05, 0.1) is 10.6 Å². The largest absolute Gasteiger partial charge is 0.398 e. The summed E-state index contributed by atoms with van der Waals surface area (Å²) in [5, 5.41) is 3.86. The van der Waals surface area contributed by atoms with Crippen LogP contribution in [-0.2, 0) is 5.41 Å². The zero-order valence-electron chi connectivity index (χ0n) is 15.4. The van der Waals surface area contributed by atoms with Crippen LogP contribution < -0.4 is 11.1 Å². The molecule has 27 heavy (non-hydrogen) atoms. The molecule has 1 aliphatic carbocycles. The van der Waals surface area contributed by atoms with Gasteiger partial charge in [-0.15, -0.1) is 0 Å². The summed E-state index contributed by atoms with van der Waals surface area (Å²) in [6.07, 6.45) is 5.97. The Balaban J connectivity index is 1.89. The highest BCUT2D eigenvalue weighted by molar-refractivity contribution is 6.34. The first-order chi connectivity index (χ1) is 12.9. The number of nitrogens with zero attached hydrogens (tertiary/aromatic N) is 2. The second-order valence-electron chi connectivity index (χ2n) is 7.64. The van der Waals surface area contributed by atoms with Crippen molar-refractivity contribution >= 4 is 29.0 Å². The van der Waals surface area contributed by atoms with Crippen molar-refractivity contribution < 1.29 is 9.18 Å². The lowest BCUT2D eigenvalue weighted by atomic mass is 9.80. The molecule has 0 saturated heterocycles. The summed E-state index contributed by atoms with van der Waals surface area (Å²) >= 11 is 6.79. The molecule has 1 aromatic carbocycles. The van der Waals surface area contributed by atoms with Gasteiger partial charge in [-0.3, -0.25) is 4.79 Å². The standard InChI is InChI=1S/C20H22ClFN4O/c1-26(2)19(27)14-13(23)6-5-11(17(14)22)12-9-24-18-15(16(12)21)20(10-25-18)7-3-4-8-20/h5-6,9H,3-4,7-8,10,23H2,1-2H3,(H,24,25). The summed E-state index contributed by atoms with van der Waals surface area (Å²) in [6, 6.07) is 3.11. The first kappa shape index (κ1) is 18.0. The van der Waals surface area contributed by atoms with Crippen molar-refractivity contribution in [2.24, 2.45) is 0 Å². The van der Waals surface area contributed by atoms with Gasteiger partial charge in [0.25, 0.3) is 5.91 Å². The second-order valence-corrected chi connectivity index (χ2v) is 8.02. The molecule has 0 unspecified atom stereocenters. The minimum atomic E-state index is -0.663. The number of amides is 1. The maximum atomic E-state index is 15.3. The highest BCUT2D eigenvalue weighted by atomic mass is 35.5. The number of aromatic nitrogens is 1. The highest BCUT2D eigenvalue weighted by Crippen LogP contribution is 2.52. The molecule has 1 saturated carbocycles.